The number of hydrogen-bond donors (Lipinski definition) is 1. The second-order valence-corrected chi connectivity index (χ2v) is 4.69. The lowest BCUT2D eigenvalue weighted by Crippen LogP contribution is -1.99. The van der Waals surface area contributed by atoms with Crippen molar-refractivity contribution in [2.75, 3.05) is 5.73 Å². The fourth-order valence-corrected chi connectivity index (χ4v) is 1.92. The Hall–Kier alpha value is -1.51. The number of nitrogen functional groups attached to an aromatic ring is 1. The van der Waals surface area contributed by atoms with Gasteiger partial charge < -0.3 is 10.5 Å². The molecule has 0 aromatic heterocycles. The minimum atomic E-state index is 0.493. The van der Waals surface area contributed by atoms with Gasteiger partial charge in [-0.05, 0) is 30.2 Å². The molecular weight excluding hydrogens is 246 g/mol. The van der Waals surface area contributed by atoms with Crippen LogP contribution in [0.25, 0.3) is 0 Å². The molecule has 0 atom stereocenters. The highest BCUT2D eigenvalue weighted by Gasteiger charge is 2.02. The lowest BCUT2D eigenvalue weighted by atomic mass is 10.1. The topological polar surface area (TPSA) is 35.2 Å². The monoisotopic (exact) mass is 261 g/mol. The van der Waals surface area contributed by atoms with Crippen LogP contribution in [0.3, 0.4) is 0 Å². The van der Waals surface area contributed by atoms with Gasteiger partial charge in [0.25, 0.3) is 0 Å². The summed E-state index contributed by atoms with van der Waals surface area (Å²) in [5, 5.41) is 0.731. The van der Waals surface area contributed by atoms with Gasteiger partial charge in [0.05, 0.1) is 13.2 Å². The fraction of sp³-hybridized carbons (Fsp3) is 0.200. The smallest absolute Gasteiger partial charge is 0.0741 e. The zero-order valence-corrected chi connectivity index (χ0v) is 11.1. The molecule has 0 radical (unpaired) electrons. The SMILES string of the molecule is Cc1ccc(COCc2ccccc2Cl)c(N)c1. The van der Waals surface area contributed by atoms with Crippen molar-refractivity contribution in [3.63, 3.8) is 0 Å². The molecule has 94 valence electrons. The lowest BCUT2D eigenvalue weighted by Gasteiger charge is -2.09. The predicted molar refractivity (Wildman–Crippen MR) is 75.5 cm³/mol. The molecule has 3 heteroatoms. The first-order chi connectivity index (χ1) is 8.66. The Kier molecular flexibility index (Phi) is 4.24. The molecule has 0 aliphatic heterocycles. The maximum atomic E-state index is 6.05. The van der Waals surface area contributed by atoms with Gasteiger partial charge in [-0.3, -0.25) is 0 Å². The van der Waals surface area contributed by atoms with E-state index in [2.05, 4.69) is 0 Å². The number of nitrogens with two attached hydrogens (primary N) is 1. The molecule has 2 N–H and O–H groups in total. The number of hydrogen-bond acceptors (Lipinski definition) is 2. The van der Waals surface area contributed by atoms with Crippen LogP contribution in [-0.2, 0) is 18.0 Å². The molecule has 2 rings (SSSR count). The molecule has 0 heterocycles. The quantitative estimate of drug-likeness (QED) is 0.846. The average molecular weight is 262 g/mol. The summed E-state index contributed by atoms with van der Waals surface area (Å²) < 4.78 is 5.64. The fourth-order valence-electron chi connectivity index (χ4n) is 1.73. The van der Waals surface area contributed by atoms with Gasteiger partial charge in [0.2, 0.25) is 0 Å². The third-order valence-electron chi connectivity index (χ3n) is 2.77. The number of halogens is 1. The first-order valence-corrected chi connectivity index (χ1v) is 6.21. The van der Waals surface area contributed by atoms with Crippen molar-refractivity contribution >= 4 is 17.3 Å². The molecule has 0 fully saturated rings. The first kappa shape index (κ1) is 12.9. The summed E-state index contributed by atoms with van der Waals surface area (Å²) in [5.41, 5.74) is 9.85. The minimum absolute atomic E-state index is 0.493. The van der Waals surface area contributed by atoms with Gasteiger partial charge >= 0.3 is 0 Å². The molecule has 0 saturated carbocycles. The average Bonchev–Trinajstić information content (AvgIpc) is 2.34. The van der Waals surface area contributed by atoms with Gasteiger partial charge in [-0.2, -0.15) is 0 Å². The Morgan fingerprint density at radius 1 is 1.06 bits per heavy atom. The van der Waals surface area contributed by atoms with Gasteiger partial charge in [0, 0.05) is 16.3 Å². The van der Waals surface area contributed by atoms with E-state index in [0.717, 1.165) is 27.4 Å². The minimum Gasteiger partial charge on any atom is -0.398 e. The predicted octanol–water partition coefficient (Wildman–Crippen LogP) is 3.95. The molecular formula is C15H16ClNO. The molecule has 18 heavy (non-hydrogen) atoms. The van der Waals surface area contributed by atoms with Crippen LogP contribution in [0.15, 0.2) is 42.5 Å². The molecule has 0 amide bonds. The van der Waals surface area contributed by atoms with Crippen LogP contribution in [0, 0.1) is 6.92 Å². The summed E-state index contributed by atoms with van der Waals surface area (Å²) in [5.74, 6) is 0. The molecule has 0 aliphatic rings. The summed E-state index contributed by atoms with van der Waals surface area (Å²) in [7, 11) is 0. The van der Waals surface area contributed by atoms with Crippen LogP contribution in [0.5, 0.6) is 0 Å². The first-order valence-electron chi connectivity index (χ1n) is 5.83. The molecule has 0 aliphatic carbocycles. The highest BCUT2D eigenvalue weighted by atomic mass is 35.5. The number of ether oxygens (including phenoxy) is 1. The van der Waals surface area contributed by atoms with Crippen LogP contribution in [-0.4, -0.2) is 0 Å². The molecule has 2 nitrogen and oxygen atoms in total. The van der Waals surface area contributed by atoms with E-state index in [1.54, 1.807) is 0 Å². The second-order valence-electron chi connectivity index (χ2n) is 4.29. The highest BCUT2D eigenvalue weighted by molar-refractivity contribution is 6.31. The van der Waals surface area contributed by atoms with Crippen LogP contribution in [0.4, 0.5) is 5.69 Å². The lowest BCUT2D eigenvalue weighted by molar-refractivity contribution is 0.107. The summed E-state index contributed by atoms with van der Waals surface area (Å²) in [6.07, 6.45) is 0. The van der Waals surface area contributed by atoms with E-state index in [9.17, 15) is 0 Å². The standard InChI is InChI=1S/C15H16ClNO/c1-11-6-7-13(15(17)8-11)10-18-9-12-4-2-3-5-14(12)16/h2-8H,9-10,17H2,1H3. The van der Waals surface area contributed by atoms with Gasteiger partial charge in [0.15, 0.2) is 0 Å². The van der Waals surface area contributed by atoms with Gasteiger partial charge in [-0.15, -0.1) is 0 Å². The van der Waals surface area contributed by atoms with Crippen LogP contribution >= 0.6 is 11.6 Å². The van der Waals surface area contributed by atoms with Crippen molar-refractivity contribution in [1.82, 2.24) is 0 Å². The number of benzene rings is 2. The van der Waals surface area contributed by atoms with Gasteiger partial charge in [-0.25, -0.2) is 0 Å². The Balaban J connectivity index is 1.95. The van der Waals surface area contributed by atoms with Crippen LogP contribution in [0.1, 0.15) is 16.7 Å². The summed E-state index contributed by atoms with van der Waals surface area (Å²) >= 11 is 6.05. The highest BCUT2D eigenvalue weighted by Crippen LogP contribution is 2.18. The van der Waals surface area contributed by atoms with Crippen molar-refractivity contribution in [1.29, 1.82) is 0 Å². The normalized spacial score (nSPS) is 10.6. The van der Waals surface area contributed by atoms with Crippen molar-refractivity contribution in [3.05, 3.63) is 64.2 Å². The molecule has 0 unspecified atom stereocenters. The Labute approximate surface area is 112 Å². The van der Waals surface area contributed by atoms with E-state index in [4.69, 9.17) is 22.1 Å². The van der Waals surface area contributed by atoms with E-state index >= 15 is 0 Å². The Bertz CT molecular complexity index is 540. The largest absolute Gasteiger partial charge is 0.398 e. The molecule has 0 bridgehead atoms. The van der Waals surface area contributed by atoms with Crippen molar-refractivity contribution in [2.45, 2.75) is 20.1 Å². The summed E-state index contributed by atoms with van der Waals surface area (Å²) in [6.45, 7) is 3.01. The molecule has 2 aromatic carbocycles. The zero-order chi connectivity index (χ0) is 13.0. The van der Waals surface area contributed by atoms with Crippen LogP contribution < -0.4 is 5.73 Å². The Morgan fingerprint density at radius 2 is 1.78 bits per heavy atom. The maximum Gasteiger partial charge on any atom is 0.0741 e. The van der Waals surface area contributed by atoms with E-state index < -0.39 is 0 Å². The molecule has 0 spiro atoms. The zero-order valence-electron chi connectivity index (χ0n) is 10.3. The van der Waals surface area contributed by atoms with Crippen molar-refractivity contribution in [2.24, 2.45) is 0 Å². The van der Waals surface area contributed by atoms with E-state index in [0.29, 0.717) is 13.2 Å². The van der Waals surface area contributed by atoms with Crippen molar-refractivity contribution in [3.8, 4) is 0 Å². The number of rotatable bonds is 4. The van der Waals surface area contributed by atoms with Crippen LogP contribution in [0.2, 0.25) is 5.02 Å². The maximum absolute atomic E-state index is 6.05. The second kappa shape index (κ2) is 5.89. The van der Waals surface area contributed by atoms with E-state index in [1.165, 1.54) is 0 Å². The molecule has 2 aromatic rings. The third-order valence-corrected chi connectivity index (χ3v) is 3.14. The summed E-state index contributed by atoms with van der Waals surface area (Å²) in [6, 6.07) is 13.7. The van der Waals surface area contributed by atoms with Gasteiger partial charge in [0.1, 0.15) is 0 Å². The summed E-state index contributed by atoms with van der Waals surface area (Å²) in [4.78, 5) is 0. The Morgan fingerprint density at radius 3 is 2.50 bits per heavy atom. The van der Waals surface area contributed by atoms with E-state index in [-0.39, 0.29) is 0 Å². The van der Waals surface area contributed by atoms with Crippen molar-refractivity contribution < 1.29 is 4.74 Å². The third kappa shape index (κ3) is 3.25. The van der Waals surface area contributed by atoms with E-state index in [1.807, 2.05) is 49.4 Å². The number of anilines is 1. The van der Waals surface area contributed by atoms with Gasteiger partial charge in [-0.1, -0.05) is 41.9 Å². The number of aryl methyl sites for hydroxylation is 1. The molecule has 0 saturated heterocycles.